The van der Waals surface area contributed by atoms with Gasteiger partial charge in [-0.2, -0.15) is 13.2 Å². The van der Waals surface area contributed by atoms with Crippen LogP contribution in [-0.2, 0) is 27.1 Å². The largest absolute Gasteiger partial charge is 0.496 e. The van der Waals surface area contributed by atoms with Crippen molar-refractivity contribution in [3.63, 3.8) is 0 Å². The molecule has 7 rings (SSSR count). The van der Waals surface area contributed by atoms with E-state index < -0.39 is 51.4 Å². The van der Waals surface area contributed by atoms with E-state index in [4.69, 9.17) is 4.74 Å². The van der Waals surface area contributed by atoms with Gasteiger partial charge in [0.05, 0.1) is 29.3 Å². The molecule has 2 unspecified atom stereocenters. The minimum absolute atomic E-state index is 0.195. The van der Waals surface area contributed by atoms with Crippen LogP contribution in [0.2, 0.25) is 0 Å². The second-order valence-corrected chi connectivity index (χ2v) is 13.2. The lowest BCUT2D eigenvalue weighted by molar-refractivity contribution is -0.137. The number of halogens is 3. The number of nitrogens with one attached hydrogen (secondary N) is 1. The highest BCUT2D eigenvalue weighted by Gasteiger charge is 2.57. The lowest BCUT2D eigenvalue weighted by Gasteiger charge is -2.31. The van der Waals surface area contributed by atoms with Crippen molar-refractivity contribution in [1.29, 1.82) is 0 Å². The highest BCUT2D eigenvalue weighted by Crippen LogP contribution is 2.55. The van der Waals surface area contributed by atoms with Gasteiger partial charge >= 0.3 is 11.0 Å². The van der Waals surface area contributed by atoms with Crippen LogP contribution in [0.3, 0.4) is 0 Å². The minimum Gasteiger partial charge on any atom is -0.496 e. The van der Waals surface area contributed by atoms with Crippen molar-refractivity contribution in [2.24, 2.45) is 5.92 Å². The fourth-order valence-electron chi connectivity index (χ4n) is 6.20. The van der Waals surface area contributed by atoms with Crippen molar-refractivity contribution in [2.75, 3.05) is 17.3 Å². The van der Waals surface area contributed by atoms with Gasteiger partial charge in [0, 0.05) is 22.0 Å². The van der Waals surface area contributed by atoms with Crippen LogP contribution in [0, 0.1) is 5.92 Å². The van der Waals surface area contributed by atoms with E-state index in [-0.39, 0.29) is 12.2 Å². The molecule has 8 nitrogen and oxygen atoms in total. The molecule has 0 radical (unpaired) electrons. The number of thiazole rings is 1. The summed E-state index contributed by atoms with van der Waals surface area (Å²) in [6.07, 6.45) is -4.68. The zero-order chi connectivity index (χ0) is 33.0. The first-order valence-corrected chi connectivity index (χ1v) is 16.1. The lowest BCUT2D eigenvalue weighted by atomic mass is 9.82. The van der Waals surface area contributed by atoms with Crippen LogP contribution in [0.1, 0.15) is 21.9 Å². The average molecular weight is 676 g/mol. The zero-order valence-electron chi connectivity index (χ0n) is 24.5. The summed E-state index contributed by atoms with van der Waals surface area (Å²) in [6, 6.07) is 24.1. The fourth-order valence-corrected chi connectivity index (χ4v) is 8.96. The van der Waals surface area contributed by atoms with Crippen LogP contribution in [0.15, 0.2) is 101 Å². The number of fused-ring (bicyclic) bond motifs is 3. The van der Waals surface area contributed by atoms with Crippen LogP contribution in [0.4, 0.5) is 24.5 Å². The second kappa shape index (κ2) is 11.7. The van der Waals surface area contributed by atoms with Crippen LogP contribution < -0.4 is 19.8 Å². The molecule has 0 spiro atoms. The maximum Gasteiger partial charge on any atom is 0.416 e. The SMILES string of the molecule is COc1ccccc1[C@H]1c2sc(=O)n(CC(=O)Nc3ccc4ccccc4c3)c2SC2C(=O)N(c3cccc(C(F)(F)F)c3)C(=O)C21. The molecule has 3 heterocycles. The van der Waals surface area contributed by atoms with Gasteiger partial charge in [0.15, 0.2) is 0 Å². The molecule has 5 aromatic rings. The molecule has 4 aromatic carbocycles. The number of rotatable bonds is 6. The summed E-state index contributed by atoms with van der Waals surface area (Å²) in [5.74, 6) is -3.35. The average Bonchev–Trinajstić information content (AvgIpc) is 3.50. The number of para-hydroxylation sites is 1. The number of thioether (sulfide) groups is 1. The third-order valence-corrected chi connectivity index (χ3v) is 10.9. The molecule has 0 aliphatic carbocycles. The summed E-state index contributed by atoms with van der Waals surface area (Å²) in [4.78, 5) is 55.6. The molecule has 1 aromatic heterocycles. The fraction of sp³-hybridized carbons (Fsp3) is 0.176. The van der Waals surface area contributed by atoms with Crippen LogP contribution in [0.25, 0.3) is 10.8 Å². The Morgan fingerprint density at radius 1 is 0.894 bits per heavy atom. The van der Waals surface area contributed by atoms with Gasteiger partial charge in [-0.25, -0.2) is 4.90 Å². The number of amides is 3. The van der Waals surface area contributed by atoms with Gasteiger partial charge in [-0.3, -0.25) is 23.7 Å². The Kier molecular flexibility index (Phi) is 7.68. The zero-order valence-corrected chi connectivity index (χ0v) is 26.1. The normalized spacial score (nSPS) is 19.1. The van der Waals surface area contributed by atoms with Crippen molar-refractivity contribution in [3.05, 3.63) is 117 Å². The predicted molar refractivity (Wildman–Crippen MR) is 173 cm³/mol. The first kappa shape index (κ1) is 30.8. The number of nitrogens with zero attached hydrogens (tertiary/aromatic N) is 2. The number of alkyl halides is 3. The number of ether oxygens (including phenoxy) is 1. The third-order valence-electron chi connectivity index (χ3n) is 8.29. The predicted octanol–water partition coefficient (Wildman–Crippen LogP) is 6.52. The molecule has 0 bridgehead atoms. The topological polar surface area (TPSA) is 97.7 Å². The van der Waals surface area contributed by atoms with Crippen molar-refractivity contribution in [2.45, 2.75) is 28.9 Å². The molecule has 1 fully saturated rings. The molecule has 2 aliphatic rings. The number of carbonyl (C=O) groups is 3. The Balaban J connectivity index is 1.28. The van der Waals surface area contributed by atoms with E-state index in [1.807, 2.05) is 36.4 Å². The number of aromatic nitrogens is 1. The van der Waals surface area contributed by atoms with Crippen LogP contribution in [0.5, 0.6) is 5.75 Å². The van der Waals surface area contributed by atoms with Gasteiger partial charge in [0.25, 0.3) is 0 Å². The number of benzene rings is 4. The summed E-state index contributed by atoms with van der Waals surface area (Å²) in [5.41, 5.74) is -0.116. The number of hydrogen-bond acceptors (Lipinski definition) is 7. The molecule has 47 heavy (non-hydrogen) atoms. The molecular weight excluding hydrogens is 652 g/mol. The Bertz CT molecular complexity index is 2140. The van der Waals surface area contributed by atoms with Gasteiger partial charge in [-0.05, 0) is 47.2 Å². The van der Waals surface area contributed by atoms with E-state index in [1.165, 1.54) is 17.7 Å². The molecule has 3 amide bonds. The van der Waals surface area contributed by atoms with E-state index in [1.54, 1.807) is 30.3 Å². The maximum atomic E-state index is 14.1. The van der Waals surface area contributed by atoms with E-state index in [0.717, 1.165) is 57.0 Å². The third kappa shape index (κ3) is 5.38. The summed E-state index contributed by atoms with van der Waals surface area (Å²) in [6.45, 7) is -0.361. The molecule has 3 atom stereocenters. The number of hydrogen-bond donors (Lipinski definition) is 1. The van der Waals surface area contributed by atoms with Crippen molar-refractivity contribution >= 4 is 63.0 Å². The summed E-state index contributed by atoms with van der Waals surface area (Å²) < 4.78 is 47.6. The van der Waals surface area contributed by atoms with Crippen molar-refractivity contribution in [3.8, 4) is 5.75 Å². The molecule has 2 aliphatic heterocycles. The Labute approximate surface area is 273 Å². The van der Waals surface area contributed by atoms with Gasteiger partial charge in [0.1, 0.15) is 17.5 Å². The molecular formula is C34H24F3N3O5S2. The summed E-state index contributed by atoms with van der Waals surface area (Å²) >= 11 is 1.84. The molecule has 13 heteroatoms. The van der Waals surface area contributed by atoms with Crippen LogP contribution >= 0.6 is 23.1 Å². The number of carbonyl (C=O) groups excluding carboxylic acids is 3. The lowest BCUT2D eigenvalue weighted by Crippen LogP contribution is -2.33. The van der Waals surface area contributed by atoms with Crippen LogP contribution in [-0.4, -0.2) is 34.6 Å². The molecule has 1 saturated heterocycles. The maximum absolute atomic E-state index is 14.1. The van der Waals surface area contributed by atoms with Gasteiger partial charge in [-0.1, -0.05) is 77.7 Å². The quantitative estimate of drug-likeness (QED) is 0.206. The van der Waals surface area contributed by atoms with Crippen molar-refractivity contribution in [1.82, 2.24) is 4.57 Å². The smallest absolute Gasteiger partial charge is 0.416 e. The van der Waals surface area contributed by atoms with Gasteiger partial charge in [0.2, 0.25) is 17.7 Å². The number of methoxy groups -OCH3 is 1. The highest BCUT2D eigenvalue weighted by atomic mass is 32.2. The number of anilines is 2. The first-order chi connectivity index (χ1) is 22.5. The highest BCUT2D eigenvalue weighted by molar-refractivity contribution is 8.00. The standard InChI is InChI=1S/C34H24F3N3O5S2/c1-45-24-12-5-4-11-23(24)26-27-28(31(43)40(30(27)42)22-10-6-9-20(16-22)34(35,36)37)46-32-29(26)47-33(44)39(32)17-25(41)38-21-14-13-18-7-2-3-8-19(18)15-21/h2-16,26-28H,17H2,1H3,(H,38,41)/t26-,27?,28?/m1/s1. The van der Waals surface area contributed by atoms with Crippen molar-refractivity contribution < 1.29 is 32.3 Å². The van der Waals surface area contributed by atoms with E-state index in [9.17, 15) is 32.3 Å². The van der Waals surface area contributed by atoms with Gasteiger partial charge < -0.3 is 10.1 Å². The van der Waals surface area contributed by atoms with E-state index >= 15 is 0 Å². The molecule has 238 valence electrons. The minimum atomic E-state index is -4.68. The monoisotopic (exact) mass is 675 g/mol. The Morgan fingerprint density at radius 2 is 1.64 bits per heavy atom. The Hall–Kier alpha value is -4.88. The summed E-state index contributed by atoms with van der Waals surface area (Å²) in [7, 11) is 1.45. The van der Waals surface area contributed by atoms with Gasteiger partial charge in [-0.15, -0.1) is 0 Å². The Morgan fingerprint density at radius 3 is 2.40 bits per heavy atom. The first-order valence-electron chi connectivity index (χ1n) is 14.4. The molecule has 1 N–H and O–H groups in total. The van der Waals surface area contributed by atoms with E-state index in [0.29, 0.717) is 26.9 Å². The molecule has 0 saturated carbocycles. The summed E-state index contributed by atoms with van der Waals surface area (Å²) in [5, 5.41) is 4.02. The second-order valence-electron chi connectivity index (χ2n) is 11.1. The van der Waals surface area contributed by atoms with E-state index in [2.05, 4.69) is 5.32 Å². The number of imide groups is 1.